The lowest BCUT2D eigenvalue weighted by molar-refractivity contribution is -0.108. The van der Waals surface area contributed by atoms with E-state index in [0.29, 0.717) is 11.1 Å². The van der Waals surface area contributed by atoms with Crippen LogP contribution >= 0.6 is 0 Å². The Morgan fingerprint density at radius 3 is 2.47 bits per heavy atom. The molecule has 0 bridgehead atoms. The van der Waals surface area contributed by atoms with Crippen molar-refractivity contribution in [3.8, 4) is 0 Å². The fourth-order valence-electron chi connectivity index (χ4n) is 1.31. The Labute approximate surface area is 99.0 Å². The summed E-state index contributed by atoms with van der Waals surface area (Å²) in [5.41, 5.74) is 0.460. The Morgan fingerprint density at radius 2 is 2.06 bits per heavy atom. The summed E-state index contributed by atoms with van der Waals surface area (Å²) in [4.78, 5) is 11.0. The van der Waals surface area contributed by atoms with Gasteiger partial charge in [0.15, 0.2) is 0 Å². The molecule has 1 aromatic carbocycles. The number of rotatable bonds is 4. The molecule has 0 fully saturated rings. The first kappa shape index (κ1) is 13.3. The minimum atomic E-state index is -4.27. The van der Waals surface area contributed by atoms with Crippen molar-refractivity contribution in [3.05, 3.63) is 42.0 Å². The zero-order chi connectivity index (χ0) is 13.2. The van der Waals surface area contributed by atoms with Gasteiger partial charge in [-0.25, -0.2) is 0 Å². The molecule has 1 rings (SSSR count). The number of allylic oxidation sites excluding steroid dienone is 1. The largest absolute Gasteiger partial charge is 0.296 e. The Bertz CT molecular complexity index is 602. The average Bonchev–Trinajstić information content (AvgIpc) is 2.25. The SMILES string of the molecule is C=CC(=O)C(=N)c1ccc(S(=O)(=O)O)cc1C. The van der Waals surface area contributed by atoms with Crippen LogP contribution in [-0.2, 0) is 14.9 Å². The first-order valence-electron chi connectivity index (χ1n) is 4.61. The quantitative estimate of drug-likeness (QED) is 0.481. The normalized spacial score (nSPS) is 10.9. The third-order valence-electron chi connectivity index (χ3n) is 2.20. The van der Waals surface area contributed by atoms with Gasteiger partial charge in [0.2, 0.25) is 5.78 Å². The molecular weight excluding hydrogens is 242 g/mol. The smallest absolute Gasteiger partial charge is 0.294 e. The third kappa shape index (κ3) is 2.86. The minimum Gasteiger partial charge on any atom is -0.296 e. The van der Waals surface area contributed by atoms with E-state index in [-0.39, 0.29) is 10.6 Å². The molecule has 0 amide bonds. The Morgan fingerprint density at radius 1 is 1.47 bits per heavy atom. The molecule has 0 heterocycles. The van der Waals surface area contributed by atoms with Gasteiger partial charge in [-0.05, 0) is 30.7 Å². The van der Waals surface area contributed by atoms with Crippen molar-refractivity contribution in [2.45, 2.75) is 11.8 Å². The van der Waals surface area contributed by atoms with Crippen molar-refractivity contribution in [2.24, 2.45) is 0 Å². The zero-order valence-electron chi connectivity index (χ0n) is 9.10. The Kier molecular flexibility index (Phi) is 3.59. The van der Waals surface area contributed by atoms with Gasteiger partial charge in [-0.1, -0.05) is 12.6 Å². The molecule has 0 saturated carbocycles. The summed E-state index contributed by atoms with van der Waals surface area (Å²) >= 11 is 0. The van der Waals surface area contributed by atoms with Crippen LogP contribution in [0.5, 0.6) is 0 Å². The summed E-state index contributed by atoms with van der Waals surface area (Å²) in [7, 11) is -4.27. The summed E-state index contributed by atoms with van der Waals surface area (Å²) in [6.07, 6.45) is 1.01. The maximum absolute atomic E-state index is 11.2. The van der Waals surface area contributed by atoms with Gasteiger partial charge in [0.05, 0.1) is 4.90 Å². The van der Waals surface area contributed by atoms with E-state index >= 15 is 0 Å². The molecule has 0 aliphatic heterocycles. The molecule has 0 spiro atoms. The van der Waals surface area contributed by atoms with E-state index in [1.54, 1.807) is 6.92 Å². The molecule has 6 heteroatoms. The molecule has 1 aromatic rings. The van der Waals surface area contributed by atoms with Gasteiger partial charge in [-0.2, -0.15) is 8.42 Å². The molecular formula is C11H11NO4S. The number of hydrogen-bond acceptors (Lipinski definition) is 4. The second-order valence-electron chi connectivity index (χ2n) is 3.40. The van der Waals surface area contributed by atoms with Gasteiger partial charge in [0.25, 0.3) is 10.1 Å². The van der Waals surface area contributed by atoms with Crippen molar-refractivity contribution in [1.82, 2.24) is 0 Å². The number of ketones is 1. The maximum Gasteiger partial charge on any atom is 0.294 e. The van der Waals surface area contributed by atoms with Crippen LogP contribution in [0.1, 0.15) is 11.1 Å². The van der Waals surface area contributed by atoms with Gasteiger partial charge < -0.3 is 0 Å². The predicted octanol–water partition coefficient (Wildman–Crippen LogP) is 1.36. The van der Waals surface area contributed by atoms with Gasteiger partial charge >= 0.3 is 0 Å². The number of carbonyl (C=O) groups excluding carboxylic acids is 1. The lowest BCUT2D eigenvalue weighted by Gasteiger charge is -2.06. The molecule has 0 aliphatic rings. The van der Waals surface area contributed by atoms with E-state index in [0.717, 1.165) is 12.1 Å². The number of nitrogens with one attached hydrogen (secondary N) is 1. The molecule has 0 radical (unpaired) electrons. The number of benzene rings is 1. The highest BCUT2D eigenvalue weighted by Crippen LogP contribution is 2.16. The summed E-state index contributed by atoms with van der Waals surface area (Å²) < 4.78 is 30.6. The topological polar surface area (TPSA) is 95.3 Å². The third-order valence-corrected chi connectivity index (χ3v) is 3.05. The van der Waals surface area contributed by atoms with Crippen molar-refractivity contribution in [2.75, 3.05) is 0 Å². The van der Waals surface area contributed by atoms with Crippen molar-refractivity contribution in [3.63, 3.8) is 0 Å². The van der Waals surface area contributed by atoms with E-state index < -0.39 is 15.9 Å². The molecule has 5 nitrogen and oxygen atoms in total. The fraction of sp³-hybridized carbons (Fsp3) is 0.0909. The number of hydrogen-bond donors (Lipinski definition) is 2. The van der Waals surface area contributed by atoms with Crippen molar-refractivity contribution in [1.29, 1.82) is 5.41 Å². The average molecular weight is 253 g/mol. The maximum atomic E-state index is 11.2. The van der Waals surface area contributed by atoms with Gasteiger partial charge in [-0.3, -0.25) is 14.8 Å². The highest BCUT2D eigenvalue weighted by molar-refractivity contribution is 7.85. The molecule has 0 aromatic heterocycles. The molecule has 90 valence electrons. The van der Waals surface area contributed by atoms with Crippen LogP contribution in [0.15, 0.2) is 35.7 Å². The lowest BCUT2D eigenvalue weighted by Crippen LogP contribution is -2.13. The predicted molar refractivity (Wildman–Crippen MR) is 63.0 cm³/mol. The number of carbonyl (C=O) groups is 1. The van der Waals surface area contributed by atoms with Crippen LogP contribution in [0.2, 0.25) is 0 Å². The second-order valence-corrected chi connectivity index (χ2v) is 4.82. The van der Waals surface area contributed by atoms with Crippen LogP contribution in [0.4, 0.5) is 0 Å². The molecule has 0 saturated heterocycles. The van der Waals surface area contributed by atoms with Crippen molar-refractivity contribution < 1.29 is 17.8 Å². The summed E-state index contributed by atoms with van der Waals surface area (Å²) in [5.74, 6) is -0.548. The molecule has 17 heavy (non-hydrogen) atoms. The second kappa shape index (κ2) is 4.60. The summed E-state index contributed by atoms with van der Waals surface area (Å²) in [5, 5.41) is 7.57. The molecule has 2 N–H and O–H groups in total. The minimum absolute atomic E-state index is 0.264. The van der Waals surface area contributed by atoms with Gasteiger partial charge in [0, 0.05) is 5.56 Å². The van der Waals surface area contributed by atoms with Crippen molar-refractivity contribution >= 4 is 21.6 Å². The van der Waals surface area contributed by atoms with Gasteiger partial charge in [0.1, 0.15) is 5.71 Å². The van der Waals surface area contributed by atoms with E-state index in [4.69, 9.17) is 9.96 Å². The van der Waals surface area contributed by atoms with Crippen LogP contribution in [0.25, 0.3) is 0 Å². The first-order chi connectivity index (χ1) is 7.77. The van der Waals surface area contributed by atoms with E-state index in [9.17, 15) is 13.2 Å². The summed E-state index contributed by atoms with van der Waals surface area (Å²) in [6.45, 7) is 4.82. The highest BCUT2D eigenvalue weighted by Gasteiger charge is 2.15. The summed E-state index contributed by atoms with van der Waals surface area (Å²) in [6, 6.07) is 3.65. The molecule has 0 aliphatic carbocycles. The monoisotopic (exact) mass is 253 g/mol. The fourth-order valence-corrected chi connectivity index (χ4v) is 1.88. The highest BCUT2D eigenvalue weighted by atomic mass is 32.2. The van der Waals surface area contributed by atoms with E-state index in [2.05, 4.69) is 6.58 Å². The zero-order valence-corrected chi connectivity index (χ0v) is 9.91. The Hall–Kier alpha value is -1.79. The van der Waals surface area contributed by atoms with E-state index in [1.165, 1.54) is 12.1 Å². The van der Waals surface area contributed by atoms with Crippen LogP contribution in [0, 0.1) is 12.3 Å². The number of aryl methyl sites for hydroxylation is 1. The van der Waals surface area contributed by atoms with Gasteiger partial charge in [-0.15, -0.1) is 0 Å². The standard InChI is InChI=1S/C11H11NO4S/c1-3-10(13)11(12)9-5-4-8(6-7(9)2)17(14,15)16/h3-6,12H,1H2,2H3,(H,14,15,16). The lowest BCUT2D eigenvalue weighted by atomic mass is 10.0. The van der Waals surface area contributed by atoms with Crippen LogP contribution in [0.3, 0.4) is 0 Å². The van der Waals surface area contributed by atoms with Crippen LogP contribution < -0.4 is 0 Å². The van der Waals surface area contributed by atoms with Crippen LogP contribution in [-0.4, -0.2) is 24.5 Å². The van der Waals surface area contributed by atoms with E-state index in [1.807, 2.05) is 0 Å². The molecule has 0 unspecified atom stereocenters. The first-order valence-corrected chi connectivity index (χ1v) is 6.05. The Balaban J connectivity index is 3.29. The molecule has 0 atom stereocenters.